The molecule has 0 aliphatic rings. The van der Waals surface area contributed by atoms with E-state index in [1.807, 2.05) is 35.9 Å². The summed E-state index contributed by atoms with van der Waals surface area (Å²) >= 11 is 0. The van der Waals surface area contributed by atoms with E-state index >= 15 is 0 Å². The van der Waals surface area contributed by atoms with Crippen LogP contribution in [0.4, 0.5) is 17.1 Å². The number of nitrogens with zero attached hydrogens (tertiary/aromatic N) is 4. The molecule has 0 fully saturated rings. The van der Waals surface area contributed by atoms with Crippen LogP contribution in [-0.4, -0.2) is 25.1 Å². The monoisotopic (exact) mass is 417 g/mol. The van der Waals surface area contributed by atoms with Gasteiger partial charge in [-0.3, -0.25) is 25.0 Å². The Labute approximate surface area is 175 Å². The van der Waals surface area contributed by atoms with Crippen molar-refractivity contribution in [3.05, 3.63) is 98.3 Å². The number of aromatic nitrogens is 2. The van der Waals surface area contributed by atoms with E-state index in [2.05, 4.69) is 10.3 Å². The molecule has 4 rings (SSSR count). The molecule has 4 aromatic rings. The smallest absolute Gasteiger partial charge is 0.277 e. The maximum absolute atomic E-state index is 12.5. The van der Waals surface area contributed by atoms with Gasteiger partial charge in [0.15, 0.2) is 0 Å². The molecule has 10 heteroatoms. The molecule has 0 saturated carbocycles. The molecular weight excluding hydrogens is 402 g/mol. The minimum Gasteiger partial charge on any atom is -0.322 e. The molecule has 1 N–H and O–H groups in total. The number of amides is 1. The number of anilines is 1. The summed E-state index contributed by atoms with van der Waals surface area (Å²) in [5.41, 5.74) is 2.69. The lowest BCUT2D eigenvalue weighted by Crippen LogP contribution is -2.12. The first kappa shape index (κ1) is 19.7. The lowest BCUT2D eigenvalue weighted by molar-refractivity contribution is -0.394. The zero-order valence-corrected chi connectivity index (χ0v) is 16.2. The van der Waals surface area contributed by atoms with Crippen molar-refractivity contribution in [2.75, 3.05) is 5.32 Å². The van der Waals surface area contributed by atoms with Crippen LogP contribution in [0.2, 0.25) is 0 Å². The van der Waals surface area contributed by atoms with Gasteiger partial charge in [0.05, 0.1) is 27.2 Å². The van der Waals surface area contributed by atoms with Crippen molar-refractivity contribution in [3.8, 4) is 11.3 Å². The summed E-state index contributed by atoms with van der Waals surface area (Å²) in [6.07, 6.45) is 3.81. The molecular formula is C21H15N5O5. The Morgan fingerprint density at radius 3 is 2.23 bits per heavy atom. The number of non-ortho nitro benzene ring substituents is 2. The van der Waals surface area contributed by atoms with Crippen molar-refractivity contribution in [1.29, 1.82) is 0 Å². The van der Waals surface area contributed by atoms with E-state index in [0.29, 0.717) is 5.69 Å². The van der Waals surface area contributed by atoms with Crippen molar-refractivity contribution >= 4 is 28.6 Å². The van der Waals surface area contributed by atoms with E-state index in [1.54, 1.807) is 24.3 Å². The number of carbonyl (C=O) groups is 1. The van der Waals surface area contributed by atoms with Crippen LogP contribution in [0.1, 0.15) is 15.9 Å². The van der Waals surface area contributed by atoms with Gasteiger partial charge in [-0.25, -0.2) is 4.98 Å². The Morgan fingerprint density at radius 2 is 1.65 bits per heavy atom. The molecule has 0 bridgehead atoms. The molecule has 1 amide bonds. The molecule has 0 atom stereocenters. The normalized spacial score (nSPS) is 10.7. The topological polar surface area (TPSA) is 133 Å². The van der Waals surface area contributed by atoms with Crippen LogP contribution in [0.3, 0.4) is 0 Å². The highest BCUT2D eigenvalue weighted by atomic mass is 16.6. The van der Waals surface area contributed by atoms with Crippen LogP contribution in [0.15, 0.2) is 67.0 Å². The predicted octanol–water partition coefficient (Wildman–Crippen LogP) is 4.38. The molecule has 0 aliphatic heterocycles. The first-order chi connectivity index (χ1) is 14.8. The van der Waals surface area contributed by atoms with E-state index in [4.69, 9.17) is 0 Å². The van der Waals surface area contributed by atoms with Crippen LogP contribution >= 0.6 is 0 Å². The summed E-state index contributed by atoms with van der Waals surface area (Å²) in [6.45, 7) is 1.98. The summed E-state index contributed by atoms with van der Waals surface area (Å²) in [4.78, 5) is 37.6. The lowest BCUT2D eigenvalue weighted by atomic mass is 10.1. The lowest BCUT2D eigenvalue weighted by Gasteiger charge is -2.06. The standard InChI is InChI=1S/C21H15N5O5/c1-13-3-2-8-24-12-19(23-20(13)24)14-4-6-16(7-5-14)22-21(27)15-9-17(25(28)29)11-18(10-15)26(30)31/h2-12H,1H3,(H,22,27). The second kappa shape index (κ2) is 7.67. The first-order valence-electron chi connectivity index (χ1n) is 9.12. The van der Waals surface area contributed by atoms with Gasteiger partial charge in [-0.1, -0.05) is 18.2 Å². The van der Waals surface area contributed by atoms with Crippen molar-refractivity contribution in [2.45, 2.75) is 6.92 Å². The highest BCUT2D eigenvalue weighted by Crippen LogP contribution is 2.25. The molecule has 31 heavy (non-hydrogen) atoms. The Kier molecular flexibility index (Phi) is 4.88. The molecule has 0 saturated heterocycles. The summed E-state index contributed by atoms with van der Waals surface area (Å²) in [5.74, 6) is -0.692. The number of nitrogens with one attached hydrogen (secondary N) is 1. The fraction of sp³-hybridized carbons (Fsp3) is 0.0476. The van der Waals surface area contributed by atoms with Gasteiger partial charge in [-0.15, -0.1) is 0 Å². The van der Waals surface area contributed by atoms with Crippen LogP contribution < -0.4 is 5.32 Å². The summed E-state index contributed by atoms with van der Waals surface area (Å²) < 4.78 is 1.93. The van der Waals surface area contributed by atoms with Gasteiger partial charge in [0.1, 0.15) is 5.65 Å². The Morgan fingerprint density at radius 1 is 1.00 bits per heavy atom. The SMILES string of the molecule is Cc1cccn2cc(-c3ccc(NC(=O)c4cc([N+](=O)[O-])cc([N+](=O)[O-])c4)cc3)nc12. The number of rotatable bonds is 5. The minimum absolute atomic E-state index is 0.180. The van der Waals surface area contributed by atoms with Crippen LogP contribution in [0.25, 0.3) is 16.9 Å². The number of imidazole rings is 1. The number of hydrogen-bond acceptors (Lipinski definition) is 6. The Balaban J connectivity index is 1.57. The third-order valence-corrected chi connectivity index (χ3v) is 4.70. The van der Waals surface area contributed by atoms with Crippen molar-refractivity contribution < 1.29 is 14.6 Å². The quantitative estimate of drug-likeness (QED) is 0.378. The summed E-state index contributed by atoms with van der Waals surface area (Å²) in [7, 11) is 0. The molecule has 0 unspecified atom stereocenters. The zero-order chi connectivity index (χ0) is 22.1. The third kappa shape index (κ3) is 3.94. The van der Waals surface area contributed by atoms with Crippen LogP contribution in [0, 0.1) is 27.2 Å². The van der Waals surface area contributed by atoms with Gasteiger partial charge in [0.2, 0.25) is 0 Å². The number of hydrogen-bond donors (Lipinski definition) is 1. The number of nitro benzene ring substituents is 2. The van der Waals surface area contributed by atoms with Crippen LogP contribution in [0.5, 0.6) is 0 Å². The summed E-state index contributed by atoms with van der Waals surface area (Å²) in [6, 6.07) is 13.6. The molecule has 2 aromatic heterocycles. The van der Waals surface area contributed by atoms with Gasteiger partial charge < -0.3 is 9.72 Å². The third-order valence-electron chi connectivity index (χ3n) is 4.70. The van der Waals surface area contributed by atoms with E-state index in [9.17, 15) is 25.0 Å². The van der Waals surface area contributed by atoms with E-state index in [0.717, 1.165) is 40.7 Å². The maximum atomic E-state index is 12.5. The second-order valence-electron chi connectivity index (χ2n) is 6.83. The number of aryl methyl sites for hydroxylation is 1. The first-order valence-corrected chi connectivity index (χ1v) is 9.12. The number of nitro groups is 2. The minimum atomic E-state index is -0.783. The van der Waals surface area contributed by atoms with Gasteiger partial charge in [0, 0.05) is 35.8 Å². The largest absolute Gasteiger partial charge is 0.322 e. The number of fused-ring (bicyclic) bond motifs is 1. The number of pyridine rings is 1. The van der Waals surface area contributed by atoms with Crippen molar-refractivity contribution in [3.63, 3.8) is 0 Å². The van der Waals surface area contributed by atoms with E-state index in [1.165, 1.54) is 0 Å². The van der Waals surface area contributed by atoms with Crippen LogP contribution in [-0.2, 0) is 0 Å². The van der Waals surface area contributed by atoms with Crippen molar-refractivity contribution in [2.24, 2.45) is 0 Å². The average molecular weight is 417 g/mol. The maximum Gasteiger partial charge on any atom is 0.277 e. The average Bonchev–Trinajstić information content (AvgIpc) is 3.19. The second-order valence-corrected chi connectivity index (χ2v) is 6.83. The Bertz CT molecular complexity index is 1310. The molecule has 10 nitrogen and oxygen atoms in total. The fourth-order valence-electron chi connectivity index (χ4n) is 3.16. The van der Waals surface area contributed by atoms with Gasteiger partial charge in [-0.05, 0) is 30.7 Å². The van der Waals surface area contributed by atoms with Gasteiger partial charge in [-0.2, -0.15) is 0 Å². The number of benzene rings is 2. The van der Waals surface area contributed by atoms with E-state index in [-0.39, 0.29) is 5.56 Å². The molecule has 154 valence electrons. The Hall–Kier alpha value is -4.60. The molecule has 2 aromatic carbocycles. The van der Waals surface area contributed by atoms with Crippen molar-refractivity contribution in [1.82, 2.24) is 9.38 Å². The molecule has 0 radical (unpaired) electrons. The fourth-order valence-corrected chi connectivity index (χ4v) is 3.16. The summed E-state index contributed by atoms with van der Waals surface area (Å²) in [5, 5.41) is 24.6. The molecule has 0 spiro atoms. The van der Waals surface area contributed by atoms with E-state index < -0.39 is 27.1 Å². The predicted molar refractivity (Wildman–Crippen MR) is 113 cm³/mol. The highest BCUT2D eigenvalue weighted by molar-refractivity contribution is 6.05. The highest BCUT2D eigenvalue weighted by Gasteiger charge is 2.20. The molecule has 0 aliphatic carbocycles. The number of carbonyl (C=O) groups excluding carboxylic acids is 1. The van der Waals surface area contributed by atoms with Gasteiger partial charge in [0.25, 0.3) is 17.3 Å². The molecule has 2 heterocycles. The zero-order valence-electron chi connectivity index (χ0n) is 16.2. The van der Waals surface area contributed by atoms with Gasteiger partial charge >= 0.3 is 0 Å².